The van der Waals surface area contributed by atoms with Gasteiger partial charge in [0.1, 0.15) is 12.4 Å². The molecule has 21 heavy (non-hydrogen) atoms. The molecule has 0 fully saturated rings. The highest BCUT2D eigenvalue weighted by atomic mass is 19.4. The average Bonchev–Trinajstić information content (AvgIpc) is 2.89. The number of halogens is 3. The lowest BCUT2D eigenvalue weighted by Crippen LogP contribution is -2.22. The third-order valence-corrected chi connectivity index (χ3v) is 2.74. The van der Waals surface area contributed by atoms with Crippen LogP contribution in [0.4, 0.5) is 19.0 Å². The molecule has 0 aliphatic heterocycles. The van der Waals surface area contributed by atoms with Gasteiger partial charge in [-0.1, -0.05) is 30.3 Å². The number of hydrogen-bond donors (Lipinski definition) is 1. The molecule has 0 unspecified atom stereocenters. The highest BCUT2D eigenvalue weighted by Crippen LogP contribution is 2.19. The Hall–Kier alpha value is -2.64. The number of fused-ring (bicyclic) bond motifs is 1. The lowest BCUT2D eigenvalue weighted by molar-refractivity contribution is -0.115. The first-order valence-electron chi connectivity index (χ1n) is 6.11. The van der Waals surface area contributed by atoms with E-state index in [1.165, 1.54) is 16.8 Å². The van der Waals surface area contributed by atoms with Crippen LogP contribution in [0.5, 0.6) is 0 Å². The fraction of sp³-hybridized carbons (Fsp3) is 0.154. The Morgan fingerprint density at radius 1 is 1.10 bits per heavy atom. The van der Waals surface area contributed by atoms with Gasteiger partial charge in [-0.15, -0.1) is 5.10 Å². The van der Waals surface area contributed by atoms with Crippen LogP contribution in [0, 0.1) is 0 Å². The molecule has 0 amide bonds. The number of alkyl halides is 3. The Kier molecular flexibility index (Phi) is 3.20. The van der Waals surface area contributed by atoms with Gasteiger partial charge in [-0.05, 0) is 6.07 Å². The van der Waals surface area contributed by atoms with Crippen molar-refractivity contribution in [3.63, 3.8) is 0 Å². The molecule has 2 heterocycles. The van der Waals surface area contributed by atoms with Gasteiger partial charge in [0.25, 0.3) is 5.78 Å². The van der Waals surface area contributed by atoms with Gasteiger partial charge >= 0.3 is 6.18 Å². The molecule has 0 saturated heterocycles. The minimum Gasteiger partial charge on any atom is -0.361 e. The number of hydrogen-bond acceptors (Lipinski definition) is 4. The molecule has 2 aromatic heterocycles. The first-order valence-corrected chi connectivity index (χ1v) is 6.11. The number of aromatic nitrogens is 4. The maximum absolute atomic E-state index is 12.3. The van der Waals surface area contributed by atoms with Gasteiger partial charge in [0, 0.05) is 11.8 Å². The van der Waals surface area contributed by atoms with Crippen molar-refractivity contribution in [2.24, 2.45) is 0 Å². The molecule has 1 N–H and O–H groups in total. The summed E-state index contributed by atoms with van der Waals surface area (Å²) in [6.45, 7) is -1.15. The molecule has 0 aliphatic rings. The van der Waals surface area contributed by atoms with E-state index in [1.807, 2.05) is 30.3 Å². The van der Waals surface area contributed by atoms with Gasteiger partial charge in [0.2, 0.25) is 0 Å². The lowest BCUT2D eigenvalue weighted by atomic mass is 10.2. The van der Waals surface area contributed by atoms with Crippen LogP contribution in [0.25, 0.3) is 17.2 Å². The quantitative estimate of drug-likeness (QED) is 0.806. The highest BCUT2D eigenvalue weighted by molar-refractivity contribution is 5.57. The molecule has 0 saturated carbocycles. The minimum absolute atomic E-state index is 0.187. The molecular formula is C13H10F3N5. The van der Waals surface area contributed by atoms with Gasteiger partial charge in [0.15, 0.2) is 5.82 Å². The van der Waals surface area contributed by atoms with Crippen LogP contribution in [-0.4, -0.2) is 32.3 Å². The molecule has 8 heteroatoms. The van der Waals surface area contributed by atoms with Crippen molar-refractivity contribution in [3.8, 4) is 11.4 Å². The lowest BCUT2D eigenvalue weighted by Gasteiger charge is -2.09. The van der Waals surface area contributed by atoms with E-state index in [0.29, 0.717) is 5.82 Å². The smallest absolute Gasteiger partial charge is 0.361 e. The molecule has 0 atom stereocenters. The van der Waals surface area contributed by atoms with Gasteiger partial charge < -0.3 is 5.32 Å². The fourth-order valence-corrected chi connectivity index (χ4v) is 1.83. The van der Waals surface area contributed by atoms with Gasteiger partial charge in [0.05, 0.1) is 0 Å². The van der Waals surface area contributed by atoms with Crippen LogP contribution in [0.1, 0.15) is 0 Å². The Bertz CT molecular complexity index is 751. The predicted octanol–water partition coefficient (Wildman–Crippen LogP) is 2.77. The summed E-state index contributed by atoms with van der Waals surface area (Å²) < 4.78 is 38.1. The molecule has 1 aromatic carbocycles. The predicted molar refractivity (Wildman–Crippen MR) is 70.8 cm³/mol. The van der Waals surface area contributed by atoms with Gasteiger partial charge in [-0.3, -0.25) is 0 Å². The summed E-state index contributed by atoms with van der Waals surface area (Å²) in [5.41, 5.74) is 0.768. The van der Waals surface area contributed by atoms with Crippen molar-refractivity contribution in [1.29, 1.82) is 0 Å². The first kappa shape index (κ1) is 13.3. The molecule has 3 rings (SSSR count). The summed E-state index contributed by atoms with van der Waals surface area (Å²) in [6.07, 6.45) is -2.92. The molecule has 108 valence electrons. The summed E-state index contributed by atoms with van der Waals surface area (Å²) in [4.78, 5) is 8.21. The van der Waals surface area contributed by atoms with Crippen molar-refractivity contribution >= 4 is 11.6 Å². The largest absolute Gasteiger partial charge is 0.405 e. The molecule has 0 spiro atoms. The van der Waals surface area contributed by atoms with E-state index in [9.17, 15) is 13.2 Å². The minimum atomic E-state index is -4.31. The standard InChI is InChI=1S/C13H10F3N5/c14-13(15,16)8-18-10-6-7-17-12-19-11(20-21(10)12)9-4-2-1-3-5-9/h1-7,18H,8H2. The van der Waals surface area contributed by atoms with Crippen LogP contribution >= 0.6 is 0 Å². The van der Waals surface area contributed by atoms with Crippen LogP contribution in [-0.2, 0) is 0 Å². The Labute approximate surface area is 117 Å². The second-order valence-electron chi connectivity index (χ2n) is 4.31. The molecular weight excluding hydrogens is 283 g/mol. The zero-order valence-corrected chi connectivity index (χ0v) is 10.7. The Balaban J connectivity index is 1.98. The van der Waals surface area contributed by atoms with E-state index in [0.717, 1.165) is 5.56 Å². The van der Waals surface area contributed by atoms with E-state index in [2.05, 4.69) is 20.4 Å². The van der Waals surface area contributed by atoms with Crippen LogP contribution < -0.4 is 5.32 Å². The summed E-state index contributed by atoms with van der Waals surface area (Å²) in [7, 11) is 0. The van der Waals surface area contributed by atoms with Crippen molar-refractivity contribution < 1.29 is 13.2 Å². The van der Waals surface area contributed by atoms with Crippen LogP contribution in [0.2, 0.25) is 0 Å². The van der Waals surface area contributed by atoms with E-state index in [-0.39, 0.29) is 11.6 Å². The highest BCUT2D eigenvalue weighted by Gasteiger charge is 2.27. The second kappa shape index (κ2) is 5.04. The van der Waals surface area contributed by atoms with Crippen molar-refractivity contribution in [3.05, 3.63) is 42.6 Å². The van der Waals surface area contributed by atoms with Gasteiger partial charge in [-0.25, -0.2) is 4.98 Å². The molecule has 0 radical (unpaired) electrons. The van der Waals surface area contributed by atoms with E-state index >= 15 is 0 Å². The second-order valence-corrected chi connectivity index (χ2v) is 4.31. The zero-order valence-electron chi connectivity index (χ0n) is 10.7. The van der Waals surface area contributed by atoms with E-state index in [4.69, 9.17) is 0 Å². The fourth-order valence-electron chi connectivity index (χ4n) is 1.83. The summed E-state index contributed by atoms with van der Waals surface area (Å²) in [5.74, 6) is 0.831. The number of anilines is 1. The molecule has 0 aliphatic carbocycles. The van der Waals surface area contributed by atoms with Crippen LogP contribution in [0.15, 0.2) is 42.6 Å². The maximum Gasteiger partial charge on any atom is 0.405 e. The third-order valence-electron chi connectivity index (χ3n) is 2.74. The topological polar surface area (TPSA) is 55.1 Å². The first-order chi connectivity index (χ1) is 10.0. The SMILES string of the molecule is FC(F)(F)CNc1ccnc2nc(-c3ccccc3)nn12. The molecule has 0 bridgehead atoms. The Morgan fingerprint density at radius 2 is 1.86 bits per heavy atom. The van der Waals surface area contributed by atoms with Crippen molar-refractivity contribution in [1.82, 2.24) is 19.6 Å². The maximum atomic E-state index is 12.3. The van der Waals surface area contributed by atoms with E-state index < -0.39 is 12.7 Å². The normalized spacial score (nSPS) is 11.8. The summed E-state index contributed by atoms with van der Waals surface area (Å²) >= 11 is 0. The monoisotopic (exact) mass is 293 g/mol. The summed E-state index contributed by atoms with van der Waals surface area (Å²) in [5, 5.41) is 6.48. The average molecular weight is 293 g/mol. The molecule has 3 aromatic rings. The number of rotatable bonds is 3. The number of nitrogens with zero attached hydrogens (tertiary/aromatic N) is 4. The summed E-state index contributed by atoms with van der Waals surface area (Å²) in [6, 6.07) is 10.6. The Morgan fingerprint density at radius 3 is 2.57 bits per heavy atom. The number of benzene rings is 1. The zero-order chi connectivity index (χ0) is 14.9. The van der Waals surface area contributed by atoms with E-state index in [1.54, 1.807) is 0 Å². The van der Waals surface area contributed by atoms with Gasteiger partial charge in [-0.2, -0.15) is 22.7 Å². The third kappa shape index (κ3) is 2.93. The van der Waals surface area contributed by atoms with Crippen molar-refractivity contribution in [2.45, 2.75) is 6.18 Å². The van der Waals surface area contributed by atoms with Crippen molar-refractivity contribution in [2.75, 3.05) is 11.9 Å². The number of nitrogens with one attached hydrogen (secondary N) is 1. The molecule has 5 nitrogen and oxygen atoms in total. The van der Waals surface area contributed by atoms with Crippen LogP contribution in [0.3, 0.4) is 0 Å².